The molecule has 0 unspecified atom stereocenters. The normalized spacial score (nSPS) is 10.6. The summed E-state index contributed by atoms with van der Waals surface area (Å²) in [5.74, 6) is -0.362. The Morgan fingerprint density at radius 2 is 2.12 bits per heavy atom. The number of hydrogen-bond acceptors (Lipinski definition) is 5. The van der Waals surface area contributed by atoms with Crippen LogP contribution in [0, 0.1) is 10.4 Å². The monoisotopic (exact) mass is 221 g/mol. The Morgan fingerprint density at radius 1 is 1.38 bits per heavy atom. The summed E-state index contributed by atoms with van der Waals surface area (Å²) < 4.78 is 0.430. The second-order valence-electron chi connectivity index (χ2n) is 3.26. The van der Waals surface area contributed by atoms with Crippen LogP contribution in [-0.2, 0) is 0 Å². The minimum absolute atomic E-state index is 0.183. The first-order valence-electron chi connectivity index (χ1n) is 4.80. The number of aromatic nitrogens is 3. The highest BCUT2D eigenvalue weighted by Crippen LogP contribution is 2.13. The van der Waals surface area contributed by atoms with Crippen LogP contribution >= 0.6 is 0 Å². The zero-order chi connectivity index (χ0) is 11.7. The van der Waals surface area contributed by atoms with E-state index in [4.69, 9.17) is 5.73 Å². The maximum Gasteiger partial charge on any atom is 0.458 e. The number of rotatable bonds is 2. The molecule has 1 aromatic carbocycles. The summed E-state index contributed by atoms with van der Waals surface area (Å²) in [5.41, 5.74) is 6.42. The van der Waals surface area contributed by atoms with Crippen molar-refractivity contribution in [3.05, 3.63) is 28.6 Å². The van der Waals surface area contributed by atoms with Gasteiger partial charge in [-0.1, -0.05) is 0 Å². The number of anilines is 2. The van der Waals surface area contributed by atoms with E-state index in [1.165, 1.54) is 6.07 Å². The van der Waals surface area contributed by atoms with Crippen molar-refractivity contribution in [2.75, 3.05) is 17.6 Å². The third-order valence-corrected chi connectivity index (χ3v) is 2.18. The van der Waals surface area contributed by atoms with Crippen LogP contribution in [0.3, 0.4) is 0 Å². The van der Waals surface area contributed by atoms with Gasteiger partial charge in [0.25, 0.3) is 0 Å². The van der Waals surface area contributed by atoms with Crippen molar-refractivity contribution in [1.82, 2.24) is 5.10 Å². The molecule has 0 atom stereocenters. The highest BCUT2D eigenvalue weighted by atomic mass is 16.5. The summed E-state index contributed by atoms with van der Waals surface area (Å²) in [6.45, 7) is 2.66. The lowest BCUT2D eigenvalue weighted by Crippen LogP contribution is -2.44. The molecule has 0 aliphatic rings. The maximum absolute atomic E-state index is 11.5. The summed E-state index contributed by atoms with van der Waals surface area (Å²) in [7, 11) is 0. The smallest absolute Gasteiger partial charge is 0.458 e. The van der Waals surface area contributed by atoms with Crippen LogP contribution in [0.5, 0.6) is 0 Å². The fourth-order valence-electron chi connectivity index (χ4n) is 1.47. The fourth-order valence-corrected chi connectivity index (χ4v) is 1.47. The van der Waals surface area contributed by atoms with E-state index in [0.29, 0.717) is 9.58 Å². The number of benzene rings is 1. The molecule has 1 aromatic heterocycles. The SMILES string of the molecule is CCNc1ccc2c(c1)[n+]([O-])nc(N)[n+]2[O-]. The highest BCUT2D eigenvalue weighted by Gasteiger charge is 2.17. The molecule has 0 radical (unpaired) electrons. The average Bonchev–Trinajstić information content (AvgIpc) is 2.27. The second kappa shape index (κ2) is 3.69. The van der Waals surface area contributed by atoms with E-state index in [1.807, 2.05) is 6.92 Å². The molecule has 0 saturated heterocycles. The molecule has 7 heteroatoms. The number of nitrogens with two attached hydrogens (primary N) is 1. The van der Waals surface area contributed by atoms with Gasteiger partial charge in [0.1, 0.15) is 0 Å². The maximum atomic E-state index is 11.5. The van der Waals surface area contributed by atoms with Gasteiger partial charge in [-0.25, -0.2) is 4.73 Å². The lowest BCUT2D eigenvalue weighted by atomic mass is 10.2. The summed E-state index contributed by atoms with van der Waals surface area (Å²) in [4.78, 5) is 0.347. The topological polar surface area (TPSA) is 105 Å². The van der Waals surface area contributed by atoms with E-state index in [-0.39, 0.29) is 17.0 Å². The summed E-state index contributed by atoms with van der Waals surface area (Å²) in [5, 5.41) is 29.4. The lowest BCUT2D eigenvalue weighted by Gasteiger charge is -2.08. The molecule has 7 nitrogen and oxygen atoms in total. The van der Waals surface area contributed by atoms with Crippen LogP contribution in [0.4, 0.5) is 11.6 Å². The fraction of sp³-hybridized carbons (Fsp3) is 0.222. The van der Waals surface area contributed by atoms with Gasteiger partial charge >= 0.3 is 11.5 Å². The van der Waals surface area contributed by atoms with Gasteiger partial charge in [0.2, 0.25) is 5.10 Å². The summed E-state index contributed by atoms with van der Waals surface area (Å²) in [6, 6.07) is 4.80. The predicted octanol–water partition coefficient (Wildman–Crippen LogP) is -0.484. The van der Waals surface area contributed by atoms with E-state index in [1.54, 1.807) is 12.1 Å². The standard InChI is InChI=1S/C9H11N5O2/c1-2-11-6-3-4-7-8(5-6)14(16)12-9(10)13(7)15/h3-5,11H,2H2,1H3,(H2,10,12). The quantitative estimate of drug-likeness (QED) is 0.526. The Labute approximate surface area is 91.3 Å². The molecule has 0 spiro atoms. The molecule has 2 aromatic rings. The molecule has 0 amide bonds. The van der Waals surface area contributed by atoms with Crippen LogP contribution < -0.4 is 20.6 Å². The van der Waals surface area contributed by atoms with E-state index >= 15 is 0 Å². The van der Waals surface area contributed by atoms with Gasteiger partial charge in [-0.05, 0) is 19.1 Å². The van der Waals surface area contributed by atoms with Crippen molar-refractivity contribution in [3.8, 4) is 0 Å². The van der Waals surface area contributed by atoms with E-state index in [9.17, 15) is 10.4 Å². The number of nitrogen functional groups attached to an aromatic ring is 1. The van der Waals surface area contributed by atoms with Crippen molar-refractivity contribution in [3.63, 3.8) is 0 Å². The number of fused-ring (bicyclic) bond motifs is 1. The van der Waals surface area contributed by atoms with Gasteiger partial charge in [0, 0.05) is 23.1 Å². The molecule has 0 saturated carbocycles. The Bertz CT molecular complexity index is 543. The summed E-state index contributed by atoms with van der Waals surface area (Å²) >= 11 is 0. The van der Waals surface area contributed by atoms with E-state index in [2.05, 4.69) is 10.4 Å². The van der Waals surface area contributed by atoms with E-state index in [0.717, 1.165) is 12.2 Å². The van der Waals surface area contributed by atoms with Crippen LogP contribution in [0.25, 0.3) is 11.0 Å². The van der Waals surface area contributed by atoms with Crippen molar-refractivity contribution >= 4 is 22.7 Å². The zero-order valence-corrected chi connectivity index (χ0v) is 8.67. The molecule has 1 heterocycles. The Kier molecular flexibility index (Phi) is 2.35. The molecular weight excluding hydrogens is 210 g/mol. The number of nitrogens with zero attached hydrogens (tertiary/aromatic N) is 3. The second-order valence-corrected chi connectivity index (χ2v) is 3.26. The minimum atomic E-state index is -0.362. The largest absolute Gasteiger partial charge is 0.739 e. The van der Waals surface area contributed by atoms with E-state index < -0.39 is 0 Å². The van der Waals surface area contributed by atoms with Gasteiger partial charge in [-0.2, -0.15) is 0 Å². The third-order valence-electron chi connectivity index (χ3n) is 2.18. The van der Waals surface area contributed by atoms with Gasteiger partial charge < -0.3 is 15.7 Å². The third kappa shape index (κ3) is 1.52. The van der Waals surface area contributed by atoms with Crippen molar-refractivity contribution in [2.24, 2.45) is 0 Å². The van der Waals surface area contributed by atoms with Crippen LogP contribution in [0.15, 0.2) is 18.2 Å². The molecule has 0 bridgehead atoms. The molecule has 0 aliphatic heterocycles. The van der Waals surface area contributed by atoms with Crippen LogP contribution in [0.1, 0.15) is 6.92 Å². The van der Waals surface area contributed by atoms with Crippen LogP contribution in [0.2, 0.25) is 0 Å². The first-order valence-corrected chi connectivity index (χ1v) is 4.80. The van der Waals surface area contributed by atoms with Crippen molar-refractivity contribution in [2.45, 2.75) is 6.92 Å². The number of nitrogens with one attached hydrogen (secondary N) is 1. The van der Waals surface area contributed by atoms with Crippen molar-refractivity contribution in [1.29, 1.82) is 0 Å². The lowest BCUT2D eigenvalue weighted by molar-refractivity contribution is -0.671. The summed E-state index contributed by atoms with van der Waals surface area (Å²) in [6.07, 6.45) is 0. The van der Waals surface area contributed by atoms with Crippen LogP contribution in [-0.4, -0.2) is 11.6 Å². The Hall–Kier alpha value is -2.31. The molecule has 84 valence electrons. The molecule has 0 fully saturated rings. The van der Waals surface area contributed by atoms with Gasteiger partial charge in [0.05, 0.1) is 0 Å². The average molecular weight is 221 g/mol. The molecule has 2 rings (SSSR count). The first kappa shape index (κ1) is 10.2. The molecule has 16 heavy (non-hydrogen) atoms. The molecule has 0 aliphatic carbocycles. The number of hydrogen-bond donors (Lipinski definition) is 2. The van der Waals surface area contributed by atoms with Gasteiger partial charge in [-0.15, -0.1) is 0 Å². The first-order chi connectivity index (χ1) is 7.63. The van der Waals surface area contributed by atoms with Crippen molar-refractivity contribution < 1.29 is 9.58 Å². The van der Waals surface area contributed by atoms with Gasteiger partial charge in [-0.3, -0.25) is 5.73 Å². The highest BCUT2D eigenvalue weighted by molar-refractivity contribution is 5.73. The zero-order valence-electron chi connectivity index (χ0n) is 8.67. The van der Waals surface area contributed by atoms with Gasteiger partial charge in [0.15, 0.2) is 5.52 Å². The minimum Gasteiger partial charge on any atom is -0.739 e. The Morgan fingerprint density at radius 3 is 2.81 bits per heavy atom. The Balaban J connectivity index is 2.69. The predicted molar refractivity (Wildman–Crippen MR) is 58.2 cm³/mol. The molecule has 3 N–H and O–H groups in total. The molecular formula is C9H11N5O2.